The molecule has 3 aromatic rings. The van der Waals surface area contributed by atoms with Crippen LogP contribution in [0.4, 0.5) is 21.8 Å². The van der Waals surface area contributed by atoms with E-state index in [-0.39, 0.29) is 10.9 Å². The van der Waals surface area contributed by atoms with E-state index in [1.807, 2.05) is 39.2 Å². The molecule has 0 fully saturated rings. The lowest BCUT2D eigenvalue weighted by atomic mass is 10.0. The van der Waals surface area contributed by atoms with Crippen molar-refractivity contribution in [3.63, 3.8) is 0 Å². The Balaban J connectivity index is 1.90. The third kappa shape index (κ3) is 6.87. The van der Waals surface area contributed by atoms with Gasteiger partial charge in [-0.1, -0.05) is 23.7 Å². The van der Waals surface area contributed by atoms with E-state index in [4.69, 9.17) is 11.6 Å². The van der Waals surface area contributed by atoms with Crippen molar-refractivity contribution in [3.8, 4) is 11.1 Å². The average Bonchev–Trinajstić information content (AvgIpc) is 2.79. The van der Waals surface area contributed by atoms with Gasteiger partial charge in [-0.2, -0.15) is 4.98 Å². The van der Waals surface area contributed by atoms with Crippen molar-refractivity contribution in [1.82, 2.24) is 20.2 Å². The summed E-state index contributed by atoms with van der Waals surface area (Å²) in [4.78, 5) is 23.5. The fourth-order valence-corrected chi connectivity index (χ4v) is 3.36. The Kier molecular flexibility index (Phi) is 8.57. The minimum absolute atomic E-state index is 0.0147. The molecule has 0 atom stereocenters. The second kappa shape index (κ2) is 11.6. The van der Waals surface area contributed by atoms with E-state index in [0.717, 1.165) is 24.1 Å². The smallest absolute Gasteiger partial charge is 0.251 e. The summed E-state index contributed by atoms with van der Waals surface area (Å²) >= 11 is 5.88. The second-order valence-corrected chi connectivity index (χ2v) is 8.14. The van der Waals surface area contributed by atoms with Crippen molar-refractivity contribution in [3.05, 3.63) is 65.1 Å². The summed E-state index contributed by atoms with van der Waals surface area (Å²) in [5.41, 5.74) is 2.74. The van der Waals surface area contributed by atoms with Crippen molar-refractivity contribution < 1.29 is 9.18 Å². The van der Waals surface area contributed by atoms with Gasteiger partial charge in [0, 0.05) is 36.1 Å². The zero-order valence-electron chi connectivity index (χ0n) is 19.0. The van der Waals surface area contributed by atoms with Crippen LogP contribution in [0.5, 0.6) is 0 Å². The Hall–Kier alpha value is -3.23. The lowest BCUT2D eigenvalue weighted by Gasteiger charge is -2.15. The van der Waals surface area contributed by atoms with E-state index in [1.165, 1.54) is 12.1 Å². The van der Waals surface area contributed by atoms with Crippen molar-refractivity contribution in [1.29, 1.82) is 0 Å². The van der Waals surface area contributed by atoms with E-state index in [2.05, 4.69) is 30.8 Å². The summed E-state index contributed by atoms with van der Waals surface area (Å²) < 4.78 is 13.5. The van der Waals surface area contributed by atoms with Crippen LogP contribution in [0.15, 0.2) is 48.7 Å². The van der Waals surface area contributed by atoms with Crippen LogP contribution in [-0.2, 0) is 0 Å². The summed E-state index contributed by atoms with van der Waals surface area (Å²) in [6, 6.07) is 11.7. The molecule has 1 amide bonds. The van der Waals surface area contributed by atoms with Gasteiger partial charge in [0.1, 0.15) is 11.6 Å². The molecule has 33 heavy (non-hydrogen) atoms. The number of nitrogens with one attached hydrogen (secondary N) is 3. The van der Waals surface area contributed by atoms with Gasteiger partial charge in [0.05, 0.1) is 5.02 Å². The molecule has 3 rings (SSSR count). The normalized spacial score (nSPS) is 10.8. The molecule has 0 saturated heterocycles. The number of carbonyl (C=O) groups is 1. The molecule has 7 nitrogen and oxygen atoms in total. The molecule has 0 aliphatic carbocycles. The summed E-state index contributed by atoms with van der Waals surface area (Å²) in [5.74, 6) is 0.352. The monoisotopic (exact) mass is 470 g/mol. The SMILES string of the molecule is CCNC(=O)c1cccc(-c2cnc(Nc3ccc(F)c(Cl)c3)nc2NCCCN(C)C)c1. The van der Waals surface area contributed by atoms with Gasteiger partial charge in [-0.3, -0.25) is 4.79 Å². The number of aromatic nitrogens is 2. The molecule has 0 unspecified atom stereocenters. The first-order chi connectivity index (χ1) is 15.9. The quantitative estimate of drug-likeness (QED) is 0.369. The lowest BCUT2D eigenvalue weighted by molar-refractivity contribution is 0.0956. The van der Waals surface area contributed by atoms with E-state index in [0.29, 0.717) is 36.1 Å². The molecule has 0 aliphatic heterocycles. The predicted molar refractivity (Wildman–Crippen MR) is 132 cm³/mol. The third-order valence-corrected chi connectivity index (χ3v) is 5.10. The predicted octanol–water partition coefficient (Wildman–Crippen LogP) is 4.79. The highest BCUT2D eigenvalue weighted by Crippen LogP contribution is 2.29. The van der Waals surface area contributed by atoms with Crippen LogP contribution in [0.2, 0.25) is 5.02 Å². The molecule has 0 spiro atoms. The number of anilines is 3. The van der Waals surface area contributed by atoms with E-state index >= 15 is 0 Å². The number of hydrogen-bond donors (Lipinski definition) is 3. The lowest BCUT2D eigenvalue weighted by Crippen LogP contribution is -2.22. The minimum Gasteiger partial charge on any atom is -0.369 e. The van der Waals surface area contributed by atoms with Gasteiger partial charge in [-0.05, 0) is 69.9 Å². The Morgan fingerprint density at radius 3 is 2.73 bits per heavy atom. The van der Waals surface area contributed by atoms with Crippen LogP contribution in [0.3, 0.4) is 0 Å². The first kappa shape index (κ1) is 24.4. The maximum absolute atomic E-state index is 13.5. The van der Waals surface area contributed by atoms with Gasteiger partial charge in [0.25, 0.3) is 5.91 Å². The minimum atomic E-state index is -0.492. The molecule has 9 heteroatoms. The summed E-state index contributed by atoms with van der Waals surface area (Å²) in [6.45, 7) is 4.07. The van der Waals surface area contributed by atoms with Gasteiger partial charge in [-0.15, -0.1) is 0 Å². The fraction of sp³-hybridized carbons (Fsp3) is 0.292. The summed E-state index contributed by atoms with van der Waals surface area (Å²) in [5, 5.41) is 9.27. The van der Waals surface area contributed by atoms with Gasteiger partial charge < -0.3 is 20.9 Å². The van der Waals surface area contributed by atoms with Crippen molar-refractivity contribution >= 4 is 35.0 Å². The van der Waals surface area contributed by atoms with E-state index < -0.39 is 5.82 Å². The van der Waals surface area contributed by atoms with Crippen molar-refractivity contribution in [2.24, 2.45) is 0 Å². The maximum Gasteiger partial charge on any atom is 0.251 e. The van der Waals surface area contributed by atoms with E-state index in [1.54, 1.807) is 18.3 Å². The number of halogens is 2. The van der Waals surface area contributed by atoms with Crippen LogP contribution >= 0.6 is 11.6 Å². The number of amides is 1. The molecule has 0 saturated carbocycles. The van der Waals surface area contributed by atoms with E-state index in [9.17, 15) is 9.18 Å². The third-order valence-electron chi connectivity index (χ3n) is 4.81. The molecule has 3 N–H and O–H groups in total. The fourth-order valence-electron chi connectivity index (χ4n) is 3.18. The molecule has 2 aromatic carbocycles. The van der Waals surface area contributed by atoms with Crippen molar-refractivity contribution in [2.75, 3.05) is 44.4 Å². The zero-order valence-corrected chi connectivity index (χ0v) is 19.7. The van der Waals surface area contributed by atoms with Gasteiger partial charge in [0.15, 0.2) is 0 Å². The number of benzene rings is 2. The molecule has 0 radical (unpaired) electrons. The number of hydrogen-bond acceptors (Lipinski definition) is 6. The highest BCUT2D eigenvalue weighted by molar-refractivity contribution is 6.31. The molecule has 174 valence electrons. The van der Waals surface area contributed by atoms with Gasteiger partial charge in [-0.25, -0.2) is 9.37 Å². The van der Waals surface area contributed by atoms with Crippen molar-refractivity contribution in [2.45, 2.75) is 13.3 Å². The second-order valence-electron chi connectivity index (χ2n) is 7.73. The summed E-state index contributed by atoms with van der Waals surface area (Å²) in [6.07, 6.45) is 2.62. The first-order valence-electron chi connectivity index (χ1n) is 10.7. The highest BCUT2D eigenvalue weighted by Gasteiger charge is 2.13. The molecule has 1 heterocycles. The van der Waals surface area contributed by atoms with Crippen LogP contribution in [0, 0.1) is 5.82 Å². The number of carbonyl (C=O) groups excluding carboxylic acids is 1. The van der Waals surface area contributed by atoms with Crippen LogP contribution in [0.25, 0.3) is 11.1 Å². The molecule has 0 aliphatic rings. The van der Waals surface area contributed by atoms with Crippen LogP contribution in [-0.4, -0.2) is 54.5 Å². The number of nitrogens with zero attached hydrogens (tertiary/aromatic N) is 3. The van der Waals surface area contributed by atoms with Gasteiger partial charge >= 0.3 is 0 Å². The van der Waals surface area contributed by atoms with Crippen LogP contribution in [0.1, 0.15) is 23.7 Å². The Morgan fingerprint density at radius 2 is 2.00 bits per heavy atom. The molecule has 1 aromatic heterocycles. The highest BCUT2D eigenvalue weighted by atomic mass is 35.5. The van der Waals surface area contributed by atoms with Gasteiger partial charge in [0.2, 0.25) is 5.95 Å². The molecule has 0 bridgehead atoms. The molecular weight excluding hydrogens is 443 g/mol. The zero-order chi connectivity index (χ0) is 23.8. The Morgan fingerprint density at radius 1 is 1.18 bits per heavy atom. The number of rotatable bonds is 10. The average molecular weight is 471 g/mol. The maximum atomic E-state index is 13.5. The largest absolute Gasteiger partial charge is 0.369 e. The Labute approximate surface area is 198 Å². The topological polar surface area (TPSA) is 82.2 Å². The molecular formula is C24H28ClFN6O. The summed E-state index contributed by atoms with van der Waals surface area (Å²) in [7, 11) is 4.05. The van der Waals surface area contributed by atoms with Crippen LogP contribution < -0.4 is 16.0 Å². The first-order valence-corrected chi connectivity index (χ1v) is 11.1. The standard InChI is InChI=1S/C24H28ClFN6O/c1-4-27-23(33)17-8-5-7-16(13-17)19-15-29-24(30-18-9-10-21(26)20(25)14-18)31-22(19)28-11-6-12-32(2)3/h5,7-10,13-15H,4,6,11-12H2,1-3H3,(H,27,33)(H2,28,29,30,31). The Bertz CT molecular complexity index is 1110.